The van der Waals surface area contributed by atoms with E-state index in [1.54, 1.807) is 24.3 Å². The molecule has 0 aliphatic carbocycles. The third kappa shape index (κ3) is 2.65. The SMILES string of the molecule is CC1(O)CCC(C(=O)c2ccc(Cl)cc2)=C2NCCCN21. The second-order valence-corrected chi connectivity index (χ2v) is 6.25. The van der Waals surface area contributed by atoms with E-state index in [0.717, 1.165) is 30.9 Å². The summed E-state index contributed by atoms with van der Waals surface area (Å²) in [6.07, 6.45) is 2.10. The number of nitrogens with zero attached hydrogens (tertiary/aromatic N) is 1. The van der Waals surface area contributed by atoms with Crippen molar-refractivity contribution >= 4 is 17.4 Å². The lowest BCUT2D eigenvalue weighted by molar-refractivity contribution is -0.0964. The molecule has 1 aromatic carbocycles. The molecule has 0 bridgehead atoms. The summed E-state index contributed by atoms with van der Waals surface area (Å²) >= 11 is 5.87. The first-order valence-corrected chi connectivity index (χ1v) is 7.64. The number of ketones is 1. The molecule has 0 aromatic heterocycles. The van der Waals surface area contributed by atoms with Gasteiger partial charge in [0.25, 0.3) is 0 Å². The fourth-order valence-electron chi connectivity index (χ4n) is 3.01. The minimum absolute atomic E-state index is 0.0107. The first-order valence-electron chi connectivity index (χ1n) is 7.26. The smallest absolute Gasteiger partial charge is 0.192 e. The van der Waals surface area contributed by atoms with E-state index < -0.39 is 5.72 Å². The molecule has 1 unspecified atom stereocenters. The van der Waals surface area contributed by atoms with Crippen molar-refractivity contribution < 1.29 is 9.90 Å². The molecule has 2 aliphatic heterocycles. The predicted octanol–water partition coefficient (Wildman–Crippen LogP) is 2.53. The Hall–Kier alpha value is -1.52. The van der Waals surface area contributed by atoms with Gasteiger partial charge in [0, 0.05) is 29.2 Å². The molecule has 0 spiro atoms. The first kappa shape index (κ1) is 14.4. The molecular weight excluding hydrogens is 288 g/mol. The zero-order valence-electron chi connectivity index (χ0n) is 12.0. The van der Waals surface area contributed by atoms with Crippen LogP contribution in [0.25, 0.3) is 0 Å². The van der Waals surface area contributed by atoms with Gasteiger partial charge in [0.15, 0.2) is 5.78 Å². The number of fused-ring (bicyclic) bond motifs is 1. The summed E-state index contributed by atoms with van der Waals surface area (Å²) in [7, 11) is 0. The molecule has 2 heterocycles. The van der Waals surface area contributed by atoms with E-state index in [1.807, 2.05) is 11.8 Å². The fourth-order valence-corrected chi connectivity index (χ4v) is 3.14. The van der Waals surface area contributed by atoms with E-state index in [9.17, 15) is 9.90 Å². The minimum atomic E-state index is -0.882. The fraction of sp³-hybridized carbons (Fsp3) is 0.438. The summed E-state index contributed by atoms with van der Waals surface area (Å²) in [4.78, 5) is 14.6. The topological polar surface area (TPSA) is 52.6 Å². The third-order valence-electron chi connectivity index (χ3n) is 4.22. The lowest BCUT2D eigenvalue weighted by atomic mass is 9.90. The molecule has 1 fully saturated rings. The third-order valence-corrected chi connectivity index (χ3v) is 4.47. The monoisotopic (exact) mass is 306 g/mol. The molecule has 3 rings (SSSR count). The maximum Gasteiger partial charge on any atom is 0.192 e. The number of carbonyl (C=O) groups is 1. The van der Waals surface area contributed by atoms with Gasteiger partial charge < -0.3 is 15.3 Å². The summed E-state index contributed by atoms with van der Waals surface area (Å²) in [6.45, 7) is 3.41. The second-order valence-electron chi connectivity index (χ2n) is 5.81. The number of rotatable bonds is 2. The van der Waals surface area contributed by atoms with E-state index in [0.29, 0.717) is 23.4 Å². The lowest BCUT2D eigenvalue weighted by Crippen LogP contribution is -2.55. The molecule has 21 heavy (non-hydrogen) atoms. The van der Waals surface area contributed by atoms with Gasteiger partial charge >= 0.3 is 0 Å². The van der Waals surface area contributed by atoms with Crippen molar-refractivity contribution in [1.82, 2.24) is 10.2 Å². The highest BCUT2D eigenvalue weighted by molar-refractivity contribution is 6.30. The van der Waals surface area contributed by atoms with Crippen LogP contribution in [0.5, 0.6) is 0 Å². The number of hydrogen-bond donors (Lipinski definition) is 2. The molecule has 1 saturated heterocycles. The van der Waals surface area contributed by atoms with Crippen molar-refractivity contribution in [1.29, 1.82) is 0 Å². The molecule has 1 atom stereocenters. The Morgan fingerprint density at radius 3 is 2.81 bits per heavy atom. The molecule has 2 N–H and O–H groups in total. The average Bonchev–Trinajstić information content (AvgIpc) is 2.48. The van der Waals surface area contributed by atoms with Crippen LogP contribution < -0.4 is 5.32 Å². The zero-order valence-corrected chi connectivity index (χ0v) is 12.8. The number of halogens is 1. The standard InChI is InChI=1S/C16H19ClN2O2/c1-16(21)8-7-13(15-18-9-2-10-19(15)16)14(20)11-3-5-12(17)6-4-11/h3-6,18,21H,2,7-10H2,1H3. The van der Waals surface area contributed by atoms with Crippen LogP contribution in [0.4, 0.5) is 0 Å². The van der Waals surface area contributed by atoms with Crippen molar-refractivity contribution in [2.24, 2.45) is 0 Å². The molecule has 112 valence electrons. The minimum Gasteiger partial charge on any atom is -0.371 e. The average molecular weight is 307 g/mol. The Labute approximate surface area is 129 Å². The van der Waals surface area contributed by atoms with E-state index in [4.69, 9.17) is 11.6 Å². The van der Waals surface area contributed by atoms with Crippen LogP contribution in [0, 0.1) is 0 Å². The van der Waals surface area contributed by atoms with Gasteiger partial charge in [0.05, 0.1) is 0 Å². The summed E-state index contributed by atoms with van der Waals surface area (Å²) in [5.41, 5.74) is 0.506. The highest BCUT2D eigenvalue weighted by atomic mass is 35.5. The molecule has 0 saturated carbocycles. The van der Waals surface area contributed by atoms with Gasteiger partial charge in [-0.05, 0) is 50.5 Å². The zero-order chi connectivity index (χ0) is 15.0. The highest BCUT2D eigenvalue weighted by Crippen LogP contribution is 2.34. The lowest BCUT2D eigenvalue weighted by Gasteiger charge is -2.47. The van der Waals surface area contributed by atoms with E-state index in [2.05, 4.69) is 5.32 Å². The normalized spacial score (nSPS) is 25.4. The van der Waals surface area contributed by atoms with E-state index in [-0.39, 0.29) is 5.78 Å². The highest BCUT2D eigenvalue weighted by Gasteiger charge is 2.39. The Morgan fingerprint density at radius 1 is 1.38 bits per heavy atom. The Bertz CT molecular complexity index is 593. The number of hydrogen-bond acceptors (Lipinski definition) is 4. The molecule has 5 heteroatoms. The quantitative estimate of drug-likeness (QED) is 0.825. The van der Waals surface area contributed by atoms with E-state index >= 15 is 0 Å². The largest absolute Gasteiger partial charge is 0.371 e. The van der Waals surface area contributed by atoms with Crippen molar-refractivity contribution in [3.63, 3.8) is 0 Å². The second kappa shape index (κ2) is 5.35. The van der Waals surface area contributed by atoms with Crippen LogP contribution in [0.15, 0.2) is 35.7 Å². The van der Waals surface area contributed by atoms with Crippen molar-refractivity contribution in [3.05, 3.63) is 46.2 Å². The van der Waals surface area contributed by atoms with Crippen LogP contribution in [0.1, 0.15) is 36.5 Å². The van der Waals surface area contributed by atoms with Gasteiger partial charge in [-0.3, -0.25) is 4.79 Å². The molecule has 0 radical (unpaired) electrons. The number of allylic oxidation sites excluding steroid dienone is 1. The Kier molecular flexibility index (Phi) is 3.68. The van der Waals surface area contributed by atoms with Crippen molar-refractivity contribution in [3.8, 4) is 0 Å². The van der Waals surface area contributed by atoms with Crippen LogP contribution in [-0.4, -0.2) is 34.6 Å². The van der Waals surface area contributed by atoms with Gasteiger partial charge in [0.1, 0.15) is 11.5 Å². The molecule has 1 aromatic rings. The Balaban J connectivity index is 1.98. The maximum absolute atomic E-state index is 12.7. The van der Waals surface area contributed by atoms with E-state index in [1.165, 1.54) is 0 Å². The maximum atomic E-state index is 12.7. The van der Waals surface area contributed by atoms with Crippen LogP contribution in [-0.2, 0) is 0 Å². The van der Waals surface area contributed by atoms with Gasteiger partial charge in [-0.1, -0.05) is 11.6 Å². The molecular formula is C16H19ClN2O2. The predicted molar refractivity (Wildman–Crippen MR) is 82.0 cm³/mol. The number of benzene rings is 1. The summed E-state index contributed by atoms with van der Waals surface area (Å²) in [5.74, 6) is 0.800. The summed E-state index contributed by atoms with van der Waals surface area (Å²) in [5, 5.41) is 14.4. The number of carbonyl (C=O) groups excluding carboxylic acids is 1. The van der Waals surface area contributed by atoms with Gasteiger partial charge in [-0.25, -0.2) is 0 Å². The molecule has 4 nitrogen and oxygen atoms in total. The number of Topliss-reactive ketones (excluding diaryl/α,β-unsaturated/α-hetero) is 1. The molecule has 2 aliphatic rings. The van der Waals surface area contributed by atoms with Crippen LogP contribution in [0.2, 0.25) is 5.02 Å². The Morgan fingerprint density at radius 2 is 2.10 bits per heavy atom. The summed E-state index contributed by atoms with van der Waals surface area (Å²) < 4.78 is 0. The molecule has 0 amide bonds. The van der Waals surface area contributed by atoms with Gasteiger partial charge in [-0.15, -0.1) is 0 Å². The summed E-state index contributed by atoms with van der Waals surface area (Å²) in [6, 6.07) is 6.95. The van der Waals surface area contributed by atoms with Crippen molar-refractivity contribution in [2.75, 3.05) is 13.1 Å². The van der Waals surface area contributed by atoms with Gasteiger partial charge in [0.2, 0.25) is 0 Å². The number of nitrogens with one attached hydrogen (secondary N) is 1. The first-order chi connectivity index (χ1) is 9.99. The van der Waals surface area contributed by atoms with Crippen LogP contribution >= 0.6 is 11.6 Å². The number of aliphatic hydroxyl groups is 1. The van der Waals surface area contributed by atoms with Crippen molar-refractivity contribution in [2.45, 2.75) is 31.9 Å². The van der Waals surface area contributed by atoms with Crippen LogP contribution in [0.3, 0.4) is 0 Å². The van der Waals surface area contributed by atoms with Gasteiger partial charge in [-0.2, -0.15) is 0 Å².